The number of azide groups is 1. The van der Waals surface area contributed by atoms with E-state index in [0.717, 1.165) is 0 Å². The summed E-state index contributed by atoms with van der Waals surface area (Å²) in [5.74, 6) is -2.71. The lowest BCUT2D eigenvalue weighted by Gasteiger charge is -2.06. The van der Waals surface area contributed by atoms with E-state index < -0.39 is 11.8 Å². The maximum absolute atomic E-state index is 11.4. The lowest BCUT2D eigenvalue weighted by molar-refractivity contribution is -0.131. The Labute approximate surface area is 98.6 Å². The van der Waals surface area contributed by atoms with Crippen LogP contribution in [-0.4, -0.2) is 16.9 Å². The van der Waals surface area contributed by atoms with Gasteiger partial charge in [-0.05, 0) is 33.9 Å². The standard InChI is InChI=1S/C9H6BrN3O3/c1-4-2-3-5(12-13-11)6(7(4)10)8(14)9(15)16/h2-3H,1H3,(H,15,16). The van der Waals surface area contributed by atoms with Gasteiger partial charge < -0.3 is 5.11 Å². The van der Waals surface area contributed by atoms with E-state index in [-0.39, 0.29) is 11.3 Å². The number of carboxylic acid groups (broad SMARTS) is 1. The number of carbonyl (C=O) groups excluding carboxylic acids is 1. The molecule has 0 heterocycles. The predicted molar refractivity (Wildman–Crippen MR) is 59.7 cm³/mol. The van der Waals surface area contributed by atoms with Gasteiger partial charge >= 0.3 is 5.97 Å². The van der Waals surface area contributed by atoms with Gasteiger partial charge in [0.2, 0.25) is 0 Å². The number of Topliss-reactive ketones (excluding diaryl/α,β-unsaturated/α-hetero) is 1. The van der Waals surface area contributed by atoms with Crippen molar-refractivity contribution in [2.24, 2.45) is 5.11 Å². The minimum absolute atomic E-state index is 0.00706. The first-order valence-electron chi connectivity index (χ1n) is 4.11. The van der Waals surface area contributed by atoms with Crippen LogP contribution in [0.25, 0.3) is 10.4 Å². The van der Waals surface area contributed by atoms with Gasteiger partial charge in [0.15, 0.2) is 0 Å². The maximum atomic E-state index is 11.4. The Kier molecular flexibility index (Phi) is 3.65. The Morgan fingerprint density at radius 3 is 2.62 bits per heavy atom. The molecule has 0 fully saturated rings. The van der Waals surface area contributed by atoms with Crippen molar-refractivity contribution in [1.29, 1.82) is 0 Å². The second-order valence-electron chi connectivity index (χ2n) is 2.91. The molecule has 0 saturated heterocycles. The van der Waals surface area contributed by atoms with Crippen molar-refractivity contribution in [3.63, 3.8) is 0 Å². The number of carbonyl (C=O) groups is 2. The molecule has 16 heavy (non-hydrogen) atoms. The lowest BCUT2D eigenvalue weighted by Crippen LogP contribution is -2.14. The Hall–Kier alpha value is -1.85. The molecule has 0 spiro atoms. The topological polar surface area (TPSA) is 103 Å². The third kappa shape index (κ3) is 2.21. The van der Waals surface area contributed by atoms with Crippen molar-refractivity contribution in [1.82, 2.24) is 0 Å². The molecule has 1 rings (SSSR count). The van der Waals surface area contributed by atoms with Crippen molar-refractivity contribution >= 4 is 33.4 Å². The van der Waals surface area contributed by atoms with Crippen molar-refractivity contribution < 1.29 is 14.7 Å². The van der Waals surface area contributed by atoms with Gasteiger partial charge in [-0.2, -0.15) is 0 Å². The smallest absolute Gasteiger partial charge is 0.377 e. The molecule has 7 heteroatoms. The molecule has 0 unspecified atom stereocenters. The van der Waals surface area contributed by atoms with Crippen molar-refractivity contribution in [2.75, 3.05) is 0 Å². The summed E-state index contributed by atoms with van der Waals surface area (Å²) in [7, 11) is 0. The summed E-state index contributed by atoms with van der Waals surface area (Å²) in [6.07, 6.45) is 0. The summed E-state index contributed by atoms with van der Waals surface area (Å²) in [6.45, 7) is 1.70. The summed E-state index contributed by atoms with van der Waals surface area (Å²) in [5.41, 5.74) is 8.85. The van der Waals surface area contributed by atoms with E-state index in [4.69, 9.17) is 10.6 Å². The van der Waals surface area contributed by atoms with Crippen LogP contribution in [0.15, 0.2) is 21.7 Å². The molecule has 0 radical (unpaired) electrons. The van der Waals surface area contributed by atoms with E-state index in [9.17, 15) is 9.59 Å². The highest BCUT2D eigenvalue weighted by molar-refractivity contribution is 9.10. The van der Waals surface area contributed by atoms with Crippen LogP contribution >= 0.6 is 15.9 Å². The molecule has 1 aromatic carbocycles. The normalized spacial score (nSPS) is 9.38. The molecule has 6 nitrogen and oxygen atoms in total. The molecule has 82 valence electrons. The van der Waals surface area contributed by atoms with Crippen LogP contribution in [0.4, 0.5) is 5.69 Å². The van der Waals surface area contributed by atoms with E-state index >= 15 is 0 Å². The second kappa shape index (κ2) is 4.78. The third-order valence-corrected chi connectivity index (χ3v) is 2.91. The van der Waals surface area contributed by atoms with Gasteiger partial charge in [-0.1, -0.05) is 17.2 Å². The fourth-order valence-electron chi connectivity index (χ4n) is 1.12. The van der Waals surface area contributed by atoms with Crippen LogP contribution in [0.3, 0.4) is 0 Å². The number of ketones is 1. The predicted octanol–water partition coefficient (Wildman–Crippen LogP) is 2.97. The molecular formula is C9H6BrN3O3. The SMILES string of the molecule is Cc1ccc(N=[N+]=[N-])c(C(=O)C(=O)O)c1Br. The van der Waals surface area contributed by atoms with Crippen LogP contribution in [0, 0.1) is 6.92 Å². The number of hydrogen-bond acceptors (Lipinski definition) is 3. The molecule has 0 aliphatic carbocycles. The van der Waals surface area contributed by atoms with Gasteiger partial charge in [-0.25, -0.2) is 4.79 Å². The first-order valence-corrected chi connectivity index (χ1v) is 4.90. The minimum Gasteiger partial charge on any atom is -0.475 e. The van der Waals surface area contributed by atoms with Crippen LogP contribution in [0.5, 0.6) is 0 Å². The van der Waals surface area contributed by atoms with Crippen molar-refractivity contribution in [3.8, 4) is 0 Å². The number of rotatable bonds is 3. The van der Waals surface area contributed by atoms with Gasteiger partial charge in [0.25, 0.3) is 5.78 Å². The monoisotopic (exact) mass is 283 g/mol. The second-order valence-corrected chi connectivity index (χ2v) is 3.71. The highest BCUT2D eigenvalue weighted by Gasteiger charge is 2.22. The van der Waals surface area contributed by atoms with Crippen molar-refractivity contribution in [2.45, 2.75) is 6.92 Å². The van der Waals surface area contributed by atoms with Crippen LogP contribution in [-0.2, 0) is 4.79 Å². The molecule has 1 aromatic rings. The Morgan fingerprint density at radius 2 is 2.12 bits per heavy atom. The minimum atomic E-state index is -1.60. The molecular weight excluding hydrogens is 278 g/mol. The summed E-state index contributed by atoms with van der Waals surface area (Å²) < 4.78 is 0.324. The van der Waals surface area contributed by atoms with Crippen LogP contribution < -0.4 is 0 Å². The molecule has 0 aliphatic heterocycles. The lowest BCUT2D eigenvalue weighted by atomic mass is 10.1. The summed E-state index contributed by atoms with van der Waals surface area (Å²) in [5, 5.41) is 11.9. The Morgan fingerprint density at radius 1 is 1.50 bits per heavy atom. The number of benzene rings is 1. The van der Waals surface area contributed by atoms with Gasteiger partial charge in [0, 0.05) is 9.38 Å². The first kappa shape index (κ1) is 12.2. The number of halogens is 1. The number of carboxylic acids is 1. The van der Waals surface area contributed by atoms with E-state index in [1.807, 2.05) is 0 Å². The molecule has 0 aromatic heterocycles. The number of hydrogen-bond donors (Lipinski definition) is 1. The van der Waals surface area contributed by atoms with Crippen molar-refractivity contribution in [3.05, 3.63) is 38.2 Å². The Bertz CT molecular complexity index is 521. The highest BCUT2D eigenvalue weighted by atomic mass is 79.9. The molecule has 0 amide bonds. The number of aryl methyl sites for hydroxylation is 1. The average Bonchev–Trinajstić information content (AvgIpc) is 2.23. The fraction of sp³-hybridized carbons (Fsp3) is 0.111. The maximum Gasteiger partial charge on any atom is 0.377 e. The van der Waals surface area contributed by atoms with Gasteiger partial charge in [0.05, 0.1) is 11.3 Å². The highest BCUT2D eigenvalue weighted by Crippen LogP contribution is 2.30. The molecule has 1 N–H and O–H groups in total. The summed E-state index contributed by atoms with van der Waals surface area (Å²) >= 11 is 3.10. The summed E-state index contributed by atoms with van der Waals surface area (Å²) in [4.78, 5) is 24.6. The van der Waals surface area contributed by atoms with Gasteiger partial charge in [0.1, 0.15) is 0 Å². The first-order chi connectivity index (χ1) is 7.49. The average molecular weight is 284 g/mol. The Balaban J connectivity index is 3.55. The molecule has 0 bridgehead atoms. The van der Waals surface area contributed by atoms with Gasteiger partial charge in [-0.3, -0.25) is 4.79 Å². The third-order valence-electron chi connectivity index (χ3n) is 1.89. The molecule has 0 atom stereocenters. The quantitative estimate of drug-likeness (QED) is 0.303. The van der Waals surface area contributed by atoms with E-state index in [0.29, 0.717) is 10.0 Å². The number of nitrogens with zero attached hydrogens (tertiary/aromatic N) is 3. The zero-order chi connectivity index (χ0) is 12.3. The fourth-order valence-corrected chi connectivity index (χ4v) is 1.64. The summed E-state index contributed by atoms with van der Waals surface area (Å²) in [6, 6.07) is 3.02. The zero-order valence-electron chi connectivity index (χ0n) is 8.14. The van der Waals surface area contributed by atoms with E-state index in [1.54, 1.807) is 13.0 Å². The largest absolute Gasteiger partial charge is 0.475 e. The number of aliphatic carboxylic acids is 1. The van der Waals surface area contributed by atoms with Crippen LogP contribution in [0.1, 0.15) is 15.9 Å². The zero-order valence-corrected chi connectivity index (χ0v) is 9.72. The van der Waals surface area contributed by atoms with Crippen LogP contribution in [0.2, 0.25) is 0 Å². The van der Waals surface area contributed by atoms with E-state index in [2.05, 4.69) is 26.0 Å². The van der Waals surface area contributed by atoms with Gasteiger partial charge in [-0.15, -0.1) is 0 Å². The van der Waals surface area contributed by atoms with E-state index in [1.165, 1.54) is 6.07 Å². The molecule has 0 aliphatic rings. The molecule has 0 saturated carbocycles.